The number of para-hydroxylation sites is 1. The van der Waals surface area contributed by atoms with Crippen LogP contribution in [0.25, 0.3) is 16.6 Å². The van der Waals surface area contributed by atoms with E-state index in [4.69, 9.17) is 21.1 Å². The fourth-order valence-corrected chi connectivity index (χ4v) is 3.65. The number of aryl methyl sites for hydroxylation is 1. The zero-order valence-electron chi connectivity index (χ0n) is 18.4. The Morgan fingerprint density at radius 2 is 1.79 bits per heavy atom. The van der Waals surface area contributed by atoms with Crippen molar-refractivity contribution < 1.29 is 19.1 Å². The van der Waals surface area contributed by atoms with E-state index in [1.165, 1.54) is 29.9 Å². The number of hydrogen-bond donors (Lipinski definition) is 1. The molecule has 1 aromatic heterocycles. The number of nitrogens with one attached hydrogen (secondary N) is 1. The first-order valence-corrected chi connectivity index (χ1v) is 10.6. The van der Waals surface area contributed by atoms with Crippen LogP contribution in [-0.2, 0) is 9.53 Å². The van der Waals surface area contributed by atoms with Gasteiger partial charge < -0.3 is 14.8 Å². The predicted molar refractivity (Wildman–Crippen MR) is 129 cm³/mol. The number of carbonyl (C=O) groups is 2. The summed E-state index contributed by atoms with van der Waals surface area (Å²) in [6.07, 6.45) is 0. The fourth-order valence-electron chi connectivity index (χ4n) is 3.47. The average Bonchev–Trinajstić information content (AvgIpc) is 2.83. The van der Waals surface area contributed by atoms with Crippen LogP contribution < -0.4 is 15.6 Å². The first kappa shape index (κ1) is 23.0. The summed E-state index contributed by atoms with van der Waals surface area (Å²) in [5.41, 5.74) is 1.58. The second kappa shape index (κ2) is 9.76. The van der Waals surface area contributed by atoms with Crippen molar-refractivity contribution in [1.29, 1.82) is 0 Å². The molecule has 9 heteroatoms. The molecule has 34 heavy (non-hydrogen) atoms. The predicted octanol–water partition coefficient (Wildman–Crippen LogP) is 4.15. The summed E-state index contributed by atoms with van der Waals surface area (Å²) in [6, 6.07) is 18.2. The Kier molecular flexibility index (Phi) is 6.60. The van der Waals surface area contributed by atoms with Gasteiger partial charge in [-0.25, -0.2) is 9.78 Å². The highest BCUT2D eigenvalue weighted by molar-refractivity contribution is 6.31. The number of amides is 1. The van der Waals surface area contributed by atoms with Crippen LogP contribution in [0.4, 0.5) is 5.69 Å². The smallest absolute Gasteiger partial charge is 0.338 e. The van der Waals surface area contributed by atoms with Gasteiger partial charge in [-0.05, 0) is 61.5 Å². The molecule has 0 spiro atoms. The van der Waals surface area contributed by atoms with Crippen molar-refractivity contribution in [3.8, 4) is 11.4 Å². The number of nitrogens with zero attached hydrogens (tertiary/aromatic N) is 2. The van der Waals surface area contributed by atoms with Gasteiger partial charge in [0, 0.05) is 5.02 Å². The van der Waals surface area contributed by atoms with Crippen LogP contribution in [0.15, 0.2) is 71.5 Å². The van der Waals surface area contributed by atoms with Crippen molar-refractivity contribution >= 4 is 40.1 Å². The van der Waals surface area contributed by atoms with Gasteiger partial charge >= 0.3 is 5.97 Å². The minimum absolute atomic E-state index is 0.202. The quantitative estimate of drug-likeness (QED) is 0.419. The van der Waals surface area contributed by atoms with Gasteiger partial charge in [-0.3, -0.25) is 14.2 Å². The number of fused-ring (bicyclic) bond motifs is 1. The van der Waals surface area contributed by atoms with E-state index in [0.29, 0.717) is 38.9 Å². The highest BCUT2D eigenvalue weighted by Crippen LogP contribution is 2.27. The Morgan fingerprint density at radius 3 is 2.53 bits per heavy atom. The molecule has 1 amide bonds. The Morgan fingerprint density at radius 1 is 1.06 bits per heavy atom. The van der Waals surface area contributed by atoms with E-state index in [1.807, 2.05) is 6.07 Å². The summed E-state index contributed by atoms with van der Waals surface area (Å²) in [7, 11) is 1.46. The topological polar surface area (TPSA) is 99.5 Å². The van der Waals surface area contributed by atoms with Crippen molar-refractivity contribution in [2.75, 3.05) is 19.0 Å². The van der Waals surface area contributed by atoms with Crippen molar-refractivity contribution in [3.63, 3.8) is 0 Å². The highest BCUT2D eigenvalue weighted by atomic mass is 35.5. The zero-order chi connectivity index (χ0) is 24.2. The number of anilines is 1. The molecule has 0 aliphatic carbocycles. The van der Waals surface area contributed by atoms with E-state index >= 15 is 0 Å². The second-order valence-corrected chi connectivity index (χ2v) is 7.77. The summed E-state index contributed by atoms with van der Waals surface area (Å²) in [5, 5.41) is 3.52. The summed E-state index contributed by atoms with van der Waals surface area (Å²) in [5.74, 6) is -0.282. The number of halogens is 1. The molecule has 1 N–H and O–H groups in total. The number of ether oxygens (including phenoxy) is 2. The lowest BCUT2D eigenvalue weighted by molar-refractivity contribution is -0.119. The van der Waals surface area contributed by atoms with Gasteiger partial charge in [-0.15, -0.1) is 0 Å². The molecule has 0 bridgehead atoms. The molecule has 0 saturated heterocycles. The molecule has 0 atom stereocenters. The maximum atomic E-state index is 12.9. The van der Waals surface area contributed by atoms with Gasteiger partial charge in [0.05, 0.1) is 35.0 Å². The van der Waals surface area contributed by atoms with Crippen LogP contribution in [0.3, 0.4) is 0 Å². The molecular weight excluding hydrogens is 458 g/mol. The number of rotatable bonds is 6. The number of methoxy groups -OCH3 is 1. The number of esters is 1. The van der Waals surface area contributed by atoms with Crippen molar-refractivity contribution in [3.05, 3.63) is 93.5 Å². The van der Waals surface area contributed by atoms with E-state index < -0.39 is 18.5 Å². The normalized spacial score (nSPS) is 10.7. The third-order valence-corrected chi connectivity index (χ3v) is 5.31. The van der Waals surface area contributed by atoms with E-state index in [0.717, 1.165) is 0 Å². The summed E-state index contributed by atoms with van der Waals surface area (Å²) in [4.78, 5) is 42.0. The summed E-state index contributed by atoms with van der Waals surface area (Å²) < 4.78 is 11.8. The first-order valence-electron chi connectivity index (χ1n) is 10.3. The molecule has 8 nitrogen and oxygen atoms in total. The molecule has 0 saturated carbocycles. The molecule has 0 fully saturated rings. The summed E-state index contributed by atoms with van der Waals surface area (Å²) in [6.45, 7) is 1.24. The lowest BCUT2D eigenvalue weighted by atomic mass is 10.2. The molecule has 172 valence electrons. The molecule has 0 aliphatic heterocycles. The second-order valence-electron chi connectivity index (χ2n) is 7.33. The summed E-state index contributed by atoms with van der Waals surface area (Å²) >= 11 is 5.95. The van der Waals surface area contributed by atoms with E-state index in [1.54, 1.807) is 49.4 Å². The van der Waals surface area contributed by atoms with Gasteiger partial charge in [0.2, 0.25) is 0 Å². The van der Waals surface area contributed by atoms with Crippen LogP contribution >= 0.6 is 11.6 Å². The Balaban J connectivity index is 1.45. The minimum Gasteiger partial charge on any atom is -0.495 e. The molecule has 0 aliphatic rings. The zero-order valence-corrected chi connectivity index (χ0v) is 19.1. The van der Waals surface area contributed by atoms with Gasteiger partial charge in [0.1, 0.15) is 11.6 Å². The molecule has 0 radical (unpaired) electrons. The maximum absolute atomic E-state index is 12.9. The lowest BCUT2D eigenvalue weighted by Crippen LogP contribution is -2.22. The van der Waals surface area contributed by atoms with Crippen LogP contribution in [-0.4, -0.2) is 35.1 Å². The standard InChI is InChI=1S/C25H20ClN3O5/c1-15-27-20-6-4-3-5-19(20)24(31)29(15)18-10-7-16(8-11-18)25(32)34-14-23(30)28-21-13-17(26)9-12-22(21)33-2/h3-13H,14H2,1-2H3,(H,28,30). The Hall–Kier alpha value is -4.17. The van der Waals surface area contributed by atoms with Gasteiger partial charge in [0.25, 0.3) is 11.5 Å². The van der Waals surface area contributed by atoms with Crippen molar-refractivity contribution in [2.45, 2.75) is 6.92 Å². The van der Waals surface area contributed by atoms with Crippen LogP contribution in [0.5, 0.6) is 5.75 Å². The molecule has 1 heterocycles. The third kappa shape index (κ3) is 4.77. The number of aromatic nitrogens is 2. The highest BCUT2D eigenvalue weighted by Gasteiger charge is 2.14. The van der Waals surface area contributed by atoms with Crippen molar-refractivity contribution in [1.82, 2.24) is 9.55 Å². The van der Waals surface area contributed by atoms with E-state index in [-0.39, 0.29) is 11.1 Å². The van der Waals surface area contributed by atoms with E-state index in [2.05, 4.69) is 10.3 Å². The maximum Gasteiger partial charge on any atom is 0.338 e. The number of benzene rings is 3. The van der Waals surface area contributed by atoms with Crippen LogP contribution in [0.1, 0.15) is 16.2 Å². The van der Waals surface area contributed by atoms with Gasteiger partial charge in [-0.1, -0.05) is 23.7 Å². The van der Waals surface area contributed by atoms with E-state index in [9.17, 15) is 14.4 Å². The largest absolute Gasteiger partial charge is 0.495 e. The fraction of sp³-hybridized carbons (Fsp3) is 0.120. The average molecular weight is 478 g/mol. The molecule has 3 aromatic carbocycles. The Bertz CT molecular complexity index is 1450. The SMILES string of the molecule is COc1ccc(Cl)cc1NC(=O)COC(=O)c1ccc(-n2c(C)nc3ccccc3c2=O)cc1. The first-order chi connectivity index (χ1) is 16.4. The molecule has 4 aromatic rings. The van der Waals surface area contributed by atoms with Crippen LogP contribution in [0, 0.1) is 6.92 Å². The molecular formula is C25H20ClN3O5. The van der Waals surface area contributed by atoms with Gasteiger partial charge in [-0.2, -0.15) is 0 Å². The molecule has 4 rings (SSSR count). The lowest BCUT2D eigenvalue weighted by Gasteiger charge is -2.12. The monoisotopic (exact) mass is 477 g/mol. The number of carbonyl (C=O) groups excluding carboxylic acids is 2. The third-order valence-electron chi connectivity index (χ3n) is 5.07. The number of hydrogen-bond acceptors (Lipinski definition) is 6. The van der Waals surface area contributed by atoms with Gasteiger partial charge in [0.15, 0.2) is 6.61 Å². The minimum atomic E-state index is -0.680. The van der Waals surface area contributed by atoms with Crippen molar-refractivity contribution in [2.24, 2.45) is 0 Å². The Labute approximate surface area is 199 Å². The van der Waals surface area contributed by atoms with Crippen LogP contribution in [0.2, 0.25) is 5.02 Å². The molecule has 0 unspecified atom stereocenters.